The van der Waals surface area contributed by atoms with Crippen LogP contribution >= 0.6 is 11.6 Å². The van der Waals surface area contributed by atoms with Crippen LogP contribution in [0.3, 0.4) is 0 Å². The van der Waals surface area contributed by atoms with E-state index in [0.29, 0.717) is 24.1 Å². The number of hydrogen-bond acceptors (Lipinski definition) is 1. The molecule has 1 fully saturated rings. The Hall–Kier alpha value is -1.09. The summed E-state index contributed by atoms with van der Waals surface area (Å²) in [5.74, 6) is -0.339. The van der Waals surface area contributed by atoms with Gasteiger partial charge in [-0.25, -0.2) is 4.39 Å². The fourth-order valence-electron chi connectivity index (χ4n) is 3.81. The van der Waals surface area contributed by atoms with Crippen LogP contribution < -0.4 is 5.32 Å². The number of carbonyl (C=O) groups excluding carboxylic acids is 1. The lowest BCUT2D eigenvalue weighted by Gasteiger charge is -2.34. The first-order chi connectivity index (χ1) is 10.1. The molecule has 2 aliphatic rings. The number of rotatable bonds is 3. The number of nitrogens with one attached hydrogen (secondary N) is 1. The molecule has 0 saturated heterocycles. The Balaban J connectivity index is 1.97. The lowest BCUT2D eigenvalue weighted by Crippen LogP contribution is -2.24. The third-order valence-electron chi connectivity index (χ3n) is 5.23. The first-order valence-electron chi connectivity index (χ1n) is 7.82. The molecule has 1 aliphatic carbocycles. The van der Waals surface area contributed by atoms with Crippen molar-refractivity contribution in [3.05, 3.63) is 29.1 Å². The van der Waals surface area contributed by atoms with E-state index in [2.05, 4.69) is 12.2 Å². The van der Waals surface area contributed by atoms with Crippen molar-refractivity contribution in [2.24, 2.45) is 5.41 Å². The van der Waals surface area contributed by atoms with Crippen LogP contribution in [0.1, 0.15) is 62.0 Å². The molecule has 3 rings (SSSR count). The first-order valence-corrected chi connectivity index (χ1v) is 8.25. The van der Waals surface area contributed by atoms with Gasteiger partial charge in [-0.2, -0.15) is 0 Å². The molecule has 1 aromatic carbocycles. The molecule has 1 aromatic rings. The minimum Gasteiger partial charge on any atom is -0.326 e. The van der Waals surface area contributed by atoms with Crippen LogP contribution in [-0.2, 0) is 11.2 Å². The first kappa shape index (κ1) is 14.8. The van der Waals surface area contributed by atoms with Crippen molar-refractivity contribution in [1.29, 1.82) is 0 Å². The van der Waals surface area contributed by atoms with Gasteiger partial charge in [0.1, 0.15) is 5.82 Å². The third-order valence-corrected chi connectivity index (χ3v) is 5.93. The number of benzene rings is 1. The zero-order valence-electron chi connectivity index (χ0n) is 12.3. The number of carbonyl (C=O) groups is 1. The summed E-state index contributed by atoms with van der Waals surface area (Å²) in [5, 5.41) is 2.45. The van der Waals surface area contributed by atoms with Crippen molar-refractivity contribution in [2.45, 2.75) is 57.2 Å². The average molecular weight is 310 g/mol. The quantitative estimate of drug-likeness (QED) is 0.785. The van der Waals surface area contributed by atoms with Crippen LogP contribution in [0.15, 0.2) is 12.1 Å². The number of anilines is 1. The molecule has 114 valence electrons. The Kier molecular flexibility index (Phi) is 3.96. The molecule has 1 N–H and O–H groups in total. The lowest BCUT2D eigenvalue weighted by molar-refractivity contribution is -0.116. The number of alkyl halides is 1. The summed E-state index contributed by atoms with van der Waals surface area (Å²) in [7, 11) is 0. The Morgan fingerprint density at radius 2 is 2.05 bits per heavy atom. The third kappa shape index (κ3) is 2.57. The minimum absolute atomic E-state index is 0.0224. The van der Waals surface area contributed by atoms with Crippen LogP contribution in [0.5, 0.6) is 0 Å². The Bertz CT molecular complexity index is 566. The molecule has 2 nitrogen and oxygen atoms in total. The fourth-order valence-corrected chi connectivity index (χ4v) is 4.35. The van der Waals surface area contributed by atoms with Gasteiger partial charge in [0.2, 0.25) is 5.91 Å². The van der Waals surface area contributed by atoms with Crippen molar-refractivity contribution < 1.29 is 9.18 Å². The summed E-state index contributed by atoms with van der Waals surface area (Å²) in [4.78, 5) is 11.4. The van der Waals surface area contributed by atoms with Crippen LogP contribution in [0.2, 0.25) is 0 Å². The summed E-state index contributed by atoms with van der Waals surface area (Å²) in [5.41, 5.74) is 2.23. The predicted octanol–water partition coefficient (Wildman–Crippen LogP) is 4.96. The van der Waals surface area contributed by atoms with Gasteiger partial charge in [0.25, 0.3) is 0 Å². The van der Waals surface area contributed by atoms with E-state index in [-0.39, 0.29) is 22.5 Å². The van der Waals surface area contributed by atoms with Gasteiger partial charge in [-0.1, -0.05) is 19.8 Å². The molecule has 1 amide bonds. The maximum atomic E-state index is 14.5. The highest BCUT2D eigenvalue weighted by Crippen LogP contribution is 2.54. The van der Waals surface area contributed by atoms with Gasteiger partial charge in [-0.3, -0.25) is 4.79 Å². The van der Waals surface area contributed by atoms with Gasteiger partial charge in [0.05, 0.1) is 5.38 Å². The molecule has 1 aliphatic heterocycles. The molecular weight excluding hydrogens is 289 g/mol. The van der Waals surface area contributed by atoms with E-state index in [0.717, 1.165) is 24.8 Å². The second kappa shape index (κ2) is 5.60. The van der Waals surface area contributed by atoms with Crippen molar-refractivity contribution >= 4 is 23.2 Å². The van der Waals surface area contributed by atoms with E-state index in [9.17, 15) is 9.18 Å². The lowest BCUT2D eigenvalue weighted by atomic mass is 9.76. The molecule has 1 unspecified atom stereocenters. The largest absolute Gasteiger partial charge is 0.326 e. The minimum atomic E-state index is -0.296. The molecule has 1 heterocycles. The van der Waals surface area contributed by atoms with E-state index < -0.39 is 0 Å². The van der Waals surface area contributed by atoms with Crippen molar-refractivity contribution in [3.8, 4) is 0 Å². The highest BCUT2D eigenvalue weighted by molar-refractivity contribution is 6.21. The van der Waals surface area contributed by atoms with Gasteiger partial charge in [-0.15, -0.1) is 11.6 Å². The van der Waals surface area contributed by atoms with Crippen molar-refractivity contribution in [2.75, 3.05) is 5.32 Å². The number of halogens is 2. The Morgan fingerprint density at radius 3 is 2.71 bits per heavy atom. The maximum absolute atomic E-state index is 14.5. The number of fused-ring (bicyclic) bond motifs is 1. The Labute approximate surface area is 130 Å². The molecule has 0 spiro atoms. The van der Waals surface area contributed by atoms with E-state index >= 15 is 0 Å². The summed E-state index contributed by atoms with van der Waals surface area (Å²) >= 11 is 6.72. The standard InChI is InChI=1S/C17H21ClFNO/c1-2-17(7-3-4-8-17)16(18)12-9-11-5-6-15(21)20-14(11)10-13(12)19/h9-10,16H,2-8H2,1H3,(H,20,21). The SMILES string of the molecule is CCC1(C(Cl)c2cc3c(cc2F)NC(=O)CC3)CCCC1. The van der Waals surface area contributed by atoms with Crippen LogP contribution in [0.4, 0.5) is 10.1 Å². The molecule has 1 saturated carbocycles. The van der Waals surface area contributed by atoms with Gasteiger partial charge in [-0.05, 0) is 48.8 Å². The highest BCUT2D eigenvalue weighted by Gasteiger charge is 2.41. The zero-order valence-corrected chi connectivity index (χ0v) is 13.1. The molecule has 0 bridgehead atoms. The second-order valence-electron chi connectivity index (χ2n) is 6.36. The average Bonchev–Trinajstić information content (AvgIpc) is 2.96. The highest BCUT2D eigenvalue weighted by atomic mass is 35.5. The zero-order chi connectivity index (χ0) is 15.0. The topological polar surface area (TPSA) is 29.1 Å². The summed E-state index contributed by atoms with van der Waals surface area (Å²) < 4.78 is 14.5. The molecule has 0 radical (unpaired) electrons. The van der Waals surface area contributed by atoms with Gasteiger partial charge in [0.15, 0.2) is 0 Å². The Morgan fingerprint density at radius 1 is 1.33 bits per heavy atom. The normalized spacial score (nSPS) is 21.8. The number of amides is 1. The monoisotopic (exact) mass is 309 g/mol. The van der Waals surface area contributed by atoms with E-state index in [4.69, 9.17) is 11.6 Å². The van der Waals surface area contributed by atoms with Crippen LogP contribution in [0.25, 0.3) is 0 Å². The van der Waals surface area contributed by atoms with Crippen LogP contribution in [0, 0.1) is 11.2 Å². The smallest absolute Gasteiger partial charge is 0.224 e. The number of hydrogen-bond donors (Lipinski definition) is 1. The fraction of sp³-hybridized carbons (Fsp3) is 0.588. The van der Waals surface area contributed by atoms with E-state index in [1.54, 1.807) is 0 Å². The maximum Gasteiger partial charge on any atom is 0.224 e. The van der Waals surface area contributed by atoms with Gasteiger partial charge < -0.3 is 5.32 Å². The van der Waals surface area contributed by atoms with Crippen LogP contribution in [-0.4, -0.2) is 5.91 Å². The van der Waals surface area contributed by atoms with Crippen molar-refractivity contribution in [1.82, 2.24) is 0 Å². The summed E-state index contributed by atoms with van der Waals surface area (Å²) in [6, 6.07) is 3.31. The van der Waals surface area contributed by atoms with E-state index in [1.807, 2.05) is 6.07 Å². The van der Waals surface area contributed by atoms with E-state index in [1.165, 1.54) is 18.9 Å². The second-order valence-corrected chi connectivity index (χ2v) is 6.80. The molecular formula is C17H21ClFNO. The predicted molar refractivity (Wildman–Crippen MR) is 83.1 cm³/mol. The number of aryl methyl sites for hydroxylation is 1. The summed E-state index contributed by atoms with van der Waals surface area (Å²) in [6.07, 6.45) is 6.62. The van der Waals surface area contributed by atoms with Crippen molar-refractivity contribution in [3.63, 3.8) is 0 Å². The van der Waals surface area contributed by atoms with Gasteiger partial charge in [0, 0.05) is 17.7 Å². The summed E-state index contributed by atoms with van der Waals surface area (Å²) in [6.45, 7) is 2.15. The molecule has 0 aromatic heterocycles. The molecule has 21 heavy (non-hydrogen) atoms. The molecule has 4 heteroatoms. The molecule has 1 atom stereocenters. The van der Waals surface area contributed by atoms with Gasteiger partial charge >= 0.3 is 0 Å².